The molecule has 3 aromatic carbocycles. The molecule has 0 aliphatic heterocycles. The third kappa shape index (κ3) is 14.5. The zero-order chi connectivity index (χ0) is 20.1. The first-order valence-corrected chi connectivity index (χ1v) is 8.80. The molecule has 4 nitrogen and oxygen atoms in total. The number of hydrogen-bond donors (Lipinski definition) is 1. The van der Waals surface area contributed by atoms with E-state index in [-0.39, 0.29) is 76.4 Å². The van der Waals surface area contributed by atoms with Crippen LogP contribution in [0.3, 0.4) is 0 Å². The summed E-state index contributed by atoms with van der Waals surface area (Å²) in [6.45, 7) is 6.51. The molecular formula is C23H26Na2O4. The van der Waals surface area contributed by atoms with E-state index in [1.54, 1.807) is 42.5 Å². The standard InChI is InChI=1S/C9H12O2.2C7H8O.2Na/c1-2-6-11-9-5-3-4-8(10)7-9;1-6-2-4-7(8)5-3-6;1-6-4-2-3-5-7(6)8;;/h3-5,7,10H,2,6H2,1H3;2*2-5,8H,1H3;;/q;;;2*+1/p-2. The van der Waals surface area contributed by atoms with Crippen LogP contribution < -0.4 is 74.1 Å². The van der Waals surface area contributed by atoms with Crippen molar-refractivity contribution in [1.29, 1.82) is 0 Å². The Labute approximate surface area is 218 Å². The predicted octanol–water partition coefficient (Wildman–Crippen LogP) is -1.67. The van der Waals surface area contributed by atoms with Crippen molar-refractivity contribution >= 4 is 0 Å². The Bertz CT molecular complexity index is 751. The van der Waals surface area contributed by atoms with Crippen LogP contribution in [0.2, 0.25) is 0 Å². The van der Waals surface area contributed by atoms with Gasteiger partial charge in [0.05, 0.1) is 6.61 Å². The van der Waals surface area contributed by atoms with Gasteiger partial charge < -0.3 is 20.1 Å². The van der Waals surface area contributed by atoms with E-state index >= 15 is 0 Å². The topological polar surface area (TPSA) is 75.6 Å². The van der Waals surface area contributed by atoms with Crippen molar-refractivity contribution in [3.63, 3.8) is 0 Å². The van der Waals surface area contributed by atoms with E-state index < -0.39 is 0 Å². The Hall–Kier alpha value is -1.14. The maximum Gasteiger partial charge on any atom is 1.00 e. The summed E-state index contributed by atoms with van der Waals surface area (Å²) in [5, 5.41) is 30.1. The maximum absolute atomic E-state index is 10.6. The number of phenols is 1. The van der Waals surface area contributed by atoms with Gasteiger partial charge in [-0.3, -0.25) is 0 Å². The van der Waals surface area contributed by atoms with E-state index in [0.29, 0.717) is 6.61 Å². The van der Waals surface area contributed by atoms with Crippen LogP contribution in [0.25, 0.3) is 0 Å². The zero-order valence-corrected chi connectivity index (χ0v) is 22.0. The van der Waals surface area contributed by atoms with Crippen molar-refractivity contribution in [3.05, 3.63) is 83.9 Å². The van der Waals surface area contributed by atoms with E-state index in [4.69, 9.17) is 9.84 Å². The largest absolute Gasteiger partial charge is 1.00 e. The first-order valence-electron chi connectivity index (χ1n) is 8.80. The fourth-order valence-electron chi connectivity index (χ4n) is 1.89. The summed E-state index contributed by atoms with van der Waals surface area (Å²) in [4.78, 5) is 0. The summed E-state index contributed by atoms with van der Waals surface area (Å²) < 4.78 is 5.28. The van der Waals surface area contributed by atoms with Crippen LogP contribution in [0, 0.1) is 13.8 Å². The molecule has 3 aromatic rings. The van der Waals surface area contributed by atoms with E-state index in [9.17, 15) is 10.2 Å². The smallest absolute Gasteiger partial charge is 0.872 e. The Morgan fingerprint density at radius 2 is 1.45 bits per heavy atom. The molecular weight excluding hydrogens is 386 g/mol. The molecule has 0 saturated carbocycles. The third-order valence-electron chi connectivity index (χ3n) is 3.41. The molecule has 0 aliphatic rings. The van der Waals surface area contributed by atoms with Gasteiger partial charge in [0.2, 0.25) is 0 Å². The molecule has 6 heteroatoms. The van der Waals surface area contributed by atoms with Crippen LogP contribution in [0.1, 0.15) is 24.5 Å². The summed E-state index contributed by atoms with van der Waals surface area (Å²) in [5.74, 6) is 1.17. The molecule has 0 unspecified atom stereocenters. The first-order chi connectivity index (χ1) is 12.9. The van der Waals surface area contributed by atoms with Crippen molar-refractivity contribution in [1.82, 2.24) is 0 Å². The number of aromatic hydroxyl groups is 1. The van der Waals surface area contributed by atoms with Gasteiger partial charge in [-0.2, -0.15) is 0 Å². The van der Waals surface area contributed by atoms with Gasteiger partial charge in [0, 0.05) is 6.07 Å². The Kier molecular flexibility index (Phi) is 18.3. The molecule has 3 rings (SSSR count). The van der Waals surface area contributed by atoms with Crippen molar-refractivity contribution in [2.24, 2.45) is 0 Å². The van der Waals surface area contributed by atoms with Crippen molar-refractivity contribution < 1.29 is 79.2 Å². The minimum atomic E-state index is 0. The van der Waals surface area contributed by atoms with Crippen LogP contribution in [-0.2, 0) is 0 Å². The Morgan fingerprint density at radius 3 is 1.90 bits per heavy atom. The van der Waals surface area contributed by atoms with Gasteiger partial charge in [-0.15, -0.1) is 11.5 Å². The fraction of sp³-hybridized carbons (Fsp3) is 0.217. The molecule has 0 spiro atoms. The van der Waals surface area contributed by atoms with Gasteiger partial charge in [-0.05, 0) is 32.4 Å². The summed E-state index contributed by atoms with van der Waals surface area (Å²) in [6, 6.07) is 20.5. The van der Waals surface area contributed by atoms with Crippen molar-refractivity contribution in [2.75, 3.05) is 6.61 Å². The Morgan fingerprint density at radius 1 is 0.828 bits per heavy atom. The minimum Gasteiger partial charge on any atom is -0.872 e. The van der Waals surface area contributed by atoms with E-state index in [1.807, 2.05) is 51.1 Å². The normalized spacial score (nSPS) is 8.66. The average Bonchev–Trinajstić information content (AvgIpc) is 2.66. The Balaban J connectivity index is 0. The molecule has 0 atom stereocenters. The zero-order valence-electron chi connectivity index (χ0n) is 18.0. The molecule has 0 amide bonds. The number of phenolic OH excluding ortho intramolecular Hbond substituents is 1. The molecule has 0 saturated heterocycles. The van der Waals surface area contributed by atoms with Gasteiger partial charge in [-0.1, -0.05) is 72.6 Å². The van der Waals surface area contributed by atoms with E-state index in [0.717, 1.165) is 23.3 Å². The van der Waals surface area contributed by atoms with Gasteiger partial charge >= 0.3 is 59.1 Å². The SMILES string of the molecule is CCCOc1cccc(O)c1.Cc1ccc([O-])cc1.Cc1ccccc1[O-].[Na+].[Na+]. The summed E-state index contributed by atoms with van der Waals surface area (Å²) in [6.07, 6.45) is 0.982. The van der Waals surface area contributed by atoms with E-state index in [2.05, 4.69) is 0 Å². The summed E-state index contributed by atoms with van der Waals surface area (Å²) in [5.41, 5.74) is 1.94. The van der Waals surface area contributed by atoms with Gasteiger partial charge in [-0.25, -0.2) is 0 Å². The van der Waals surface area contributed by atoms with Gasteiger partial charge in [0.25, 0.3) is 0 Å². The maximum atomic E-state index is 10.6. The molecule has 0 radical (unpaired) electrons. The molecule has 29 heavy (non-hydrogen) atoms. The monoisotopic (exact) mass is 412 g/mol. The molecule has 0 aliphatic carbocycles. The summed E-state index contributed by atoms with van der Waals surface area (Å²) >= 11 is 0. The predicted molar refractivity (Wildman–Crippen MR) is 105 cm³/mol. The number of aryl methyl sites for hydroxylation is 2. The van der Waals surface area contributed by atoms with E-state index in [1.165, 1.54) is 0 Å². The molecule has 0 heterocycles. The number of hydrogen-bond acceptors (Lipinski definition) is 4. The van der Waals surface area contributed by atoms with Crippen LogP contribution >= 0.6 is 0 Å². The second-order valence-electron chi connectivity index (χ2n) is 5.92. The van der Waals surface area contributed by atoms with Gasteiger partial charge in [0.1, 0.15) is 11.5 Å². The van der Waals surface area contributed by atoms with Crippen LogP contribution in [0.4, 0.5) is 0 Å². The second-order valence-corrected chi connectivity index (χ2v) is 5.92. The van der Waals surface area contributed by atoms with Crippen LogP contribution in [0.15, 0.2) is 72.8 Å². The third-order valence-corrected chi connectivity index (χ3v) is 3.41. The first kappa shape index (κ1) is 30.1. The van der Waals surface area contributed by atoms with Gasteiger partial charge in [0.15, 0.2) is 0 Å². The fourth-order valence-corrected chi connectivity index (χ4v) is 1.89. The van der Waals surface area contributed by atoms with Crippen molar-refractivity contribution in [3.8, 4) is 23.0 Å². The molecule has 0 bridgehead atoms. The van der Waals surface area contributed by atoms with Crippen molar-refractivity contribution in [2.45, 2.75) is 27.2 Å². The average molecular weight is 412 g/mol. The second kappa shape index (κ2) is 17.7. The molecule has 0 fully saturated rings. The quantitative estimate of drug-likeness (QED) is 0.522. The number of rotatable bonds is 3. The molecule has 0 aromatic heterocycles. The number of para-hydroxylation sites is 1. The van der Waals surface area contributed by atoms with Crippen LogP contribution in [0.5, 0.6) is 23.0 Å². The minimum absolute atomic E-state index is 0. The number of benzene rings is 3. The molecule has 1 N–H and O–H groups in total. The summed E-state index contributed by atoms with van der Waals surface area (Å²) in [7, 11) is 0. The number of ether oxygens (including phenoxy) is 1. The molecule has 144 valence electrons. The van der Waals surface area contributed by atoms with Crippen LogP contribution in [-0.4, -0.2) is 11.7 Å².